The first-order valence-electron chi connectivity index (χ1n) is 10.8. The number of amides is 1. The quantitative estimate of drug-likeness (QED) is 0.525. The zero-order valence-corrected chi connectivity index (χ0v) is 18.2. The third-order valence-electron chi connectivity index (χ3n) is 5.14. The second-order valence-corrected chi connectivity index (χ2v) is 7.63. The first-order valence-corrected chi connectivity index (χ1v) is 10.8. The first-order chi connectivity index (χ1) is 15.7. The van der Waals surface area contributed by atoms with Crippen LogP contribution < -0.4 is 14.8 Å². The van der Waals surface area contributed by atoms with Crippen molar-refractivity contribution in [2.45, 2.75) is 20.0 Å². The lowest BCUT2D eigenvalue weighted by molar-refractivity contribution is -0.114. The molecule has 3 aromatic rings. The molecule has 0 bridgehead atoms. The van der Waals surface area contributed by atoms with E-state index in [1.165, 1.54) is 6.92 Å². The Morgan fingerprint density at radius 3 is 2.41 bits per heavy atom. The Labute approximate surface area is 188 Å². The highest BCUT2D eigenvalue weighted by molar-refractivity contribution is 5.88. The van der Waals surface area contributed by atoms with Crippen LogP contribution in [0.2, 0.25) is 0 Å². The summed E-state index contributed by atoms with van der Waals surface area (Å²) in [6.07, 6.45) is 2.81. The monoisotopic (exact) mass is 429 g/mol. The van der Waals surface area contributed by atoms with Gasteiger partial charge in [-0.05, 0) is 47.9 Å². The number of hydrogen-bond donors (Lipinski definition) is 1. The van der Waals surface area contributed by atoms with Gasteiger partial charge in [0.05, 0.1) is 12.9 Å². The van der Waals surface area contributed by atoms with E-state index < -0.39 is 0 Å². The van der Waals surface area contributed by atoms with E-state index >= 15 is 0 Å². The maximum atomic E-state index is 11.2. The molecule has 0 saturated heterocycles. The van der Waals surface area contributed by atoms with Crippen LogP contribution in [-0.4, -0.2) is 36.8 Å². The second kappa shape index (κ2) is 10.5. The van der Waals surface area contributed by atoms with Crippen LogP contribution in [0.1, 0.15) is 18.1 Å². The Bertz CT molecular complexity index is 1080. The number of ether oxygens (including phenoxy) is 2. The summed E-state index contributed by atoms with van der Waals surface area (Å²) in [5, 5.41) is 2.77. The minimum absolute atomic E-state index is 0.0890. The van der Waals surface area contributed by atoms with Crippen LogP contribution in [-0.2, 0) is 17.8 Å². The summed E-state index contributed by atoms with van der Waals surface area (Å²) in [4.78, 5) is 17.7. The molecular weight excluding hydrogens is 402 g/mol. The Hall–Kier alpha value is -3.80. The van der Waals surface area contributed by atoms with Crippen LogP contribution in [0.4, 0.5) is 5.69 Å². The van der Waals surface area contributed by atoms with Crippen molar-refractivity contribution in [2.75, 3.05) is 25.0 Å². The molecule has 0 aliphatic carbocycles. The van der Waals surface area contributed by atoms with Gasteiger partial charge in [-0.2, -0.15) is 0 Å². The number of hydrogen-bond acceptors (Lipinski definition) is 5. The fraction of sp³-hybridized carbons (Fsp3) is 0.231. The van der Waals surface area contributed by atoms with E-state index in [-0.39, 0.29) is 5.91 Å². The Kier molecular flexibility index (Phi) is 7.02. The van der Waals surface area contributed by atoms with Gasteiger partial charge in [-0.15, -0.1) is 0 Å². The van der Waals surface area contributed by atoms with E-state index in [2.05, 4.69) is 21.3 Å². The summed E-state index contributed by atoms with van der Waals surface area (Å²) >= 11 is 0. The molecule has 1 aliphatic heterocycles. The van der Waals surface area contributed by atoms with E-state index in [9.17, 15) is 4.79 Å². The molecule has 0 fully saturated rings. The molecule has 0 spiro atoms. The summed E-state index contributed by atoms with van der Waals surface area (Å²) in [5.41, 5.74) is 2.92. The third-order valence-corrected chi connectivity index (χ3v) is 5.14. The SMILES string of the molecule is CC(=O)Nc1ccc(COc2ccccc2Oc2ccccc2CCN2C=NCC2)cc1. The maximum absolute atomic E-state index is 11.2. The minimum Gasteiger partial charge on any atom is -0.485 e. The smallest absolute Gasteiger partial charge is 0.221 e. The number of carbonyl (C=O) groups is 1. The Morgan fingerprint density at radius 1 is 0.969 bits per heavy atom. The summed E-state index contributed by atoms with van der Waals surface area (Å²) in [5.74, 6) is 2.10. The molecule has 0 radical (unpaired) electrons. The maximum Gasteiger partial charge on any atom is 0.221 e. The van der Waals surface area contributed by atoms with Crippen LogP contribution >= 0.6 is 0 Å². The summed E-state index contributed by atoms with van der Waals surface area (Å²) in [6, 6.07) is 23.4. The van der Waals surface area contributed by atoms with Gasteiger partial charge >= 0.3 is 0 Å². The molecule has 6 heteroatoms. The van der Waals surface area contributed by atoms with Crippen LogP contribution in [0, 0.1) is 0 Å². The standard InChI is InChI=1S/C26H27N3O3/c1-20(30)28-23-12-10-21(11-13-23)18-31-25-8-4-5-9-26(25)32-24-7-3-2-6-22(24)14-16-29-17-15-27-19-29/h2-13,19H,14-18H2,1H3,(H,28,30). The lowest BCUT2D eigenvalue weighted by Crippen LogP contribution is -2.22. The molecule has 164 valence electrons. The molecule has 0 aromatic heterocycles. The number of benzene rings is 3. The number of nitrogens with zero attached hydrogens (tertiary/aromatic N) is 2. The number of anilines is 1. The van der Waals surface area contributed by atoms with Gasteiger partial charge < -0.3 is 19.7 Å². The lowest BCUT2D eigenvalue weighted by Gasteiger charge is -2.17. The molecule has 3 aromatic carbocycles. The van der Waals surface area contributed by atoms with Gasteiger partial charge in [-0.1, -0.05) is 42.5 Å². The normalized spacial score (nSPS) is 12.6. The largest absolute Gasteiger partial charge is 0.485 e. The van der Waals surface area contributed by atoms with Gasteiger partial charge in [0.2, 0.25) is 5.91 Å². The van der Waals surface area contributed by atoms with Gasteiger partial charge in [-0.3, -0.25) is 9.79 Å². The van der Waals surface area contributed by atoms with Crippen molar-refractivity contribution in [3.05, 3.63) is 83.9 Å². The van der Waals surface area contributed by atoms with Crippen molar-refractivity contribution in [3.8, 4) is 17.2 Å². The average Bonchev–Trinajstić information content (AvgIpc) is 3.32. The predicted molar refractivity (Wildman–Crippen MR) is 127 cm³/mol. The molecule has 0 atom stereocenters. The first kappa shape index (κ1) is 21.4. The van der Waals surface area contributed by atoms with E-state index in [0.29, 0.717) is 18.1 Å². The minimum atomic E-state index is -0.0890. The van der Waals surface area contributed by atoms with Gasteiger partial charge in [0.15, 0.2) is 11.5 Å². The van der Waals surface area contributed by atoms with Gasteiger partial charge in [0, 0.05) is 25.7 Å². The zero-order chi connectivity index (χ0) is 22.2. The fourth-order valence-corrected chi connectivity index (χ4v) is 3.48. The lowest BCUT2D eigenvalue weighted by atomic mass is 10.1. The van der Waals surface area contributed by atoms with Gasteiger partial charge in [-0.25, -0.2) is 0 Å². The summed E-state index contributed by atoms with van der Waals surface area (Å²) in [6.45, 7) is 4.66. The molecule has 32 heavy (non-hydrogen) atoms. The molecular formula is C26H27N3O3. The molecule has 6 nitrogen and oxygen atoms in total. The zero-order valence-electron chi connectivity index (χ0n) is 18.2. The third kappa shape index (κ3) is 5.88. The van der Waals surface area contributed by atoms with Crippen LogP contribution in [0.3, 0.4) is 0 Å². The molecule has 0 unspecified atom stereocenters. The van der Waals surface area contributed by atoms with Crippen molar-refractivity contribution >= 4 is 17.9 Å². The number of carbonyl (C=O) groups excluding carboxylic acids is 1. The van der Waals surface area contributed by atoms with E-state index in [4.69, 9.17) is 9.47 Å². The summed E-state index contributed by atoms with van der Waals surface area (Å²) < 4.78 is 12.3. The van der Waals surface area contributed by atoms with Crippen LogP contribution in [0.15, 0.2) is 77.8 Å². The number of aliphatic imine (C=N–C) groups is 1. The second-order valence-electron chi connectivity index (χ2n) is 7.63. The van der Waals surface area contributed by atoms with Crippen LogP contribution in [0.5, 0.6) is 17.2 Å². The van der Waals surface area contributed by atoms with Crippen molar-refractivity contribution in [2.24, 2.45) is 4.99 Å². The Balaban J connectivity index is 1.41. The highest BCUT2D eigenvalue weighted by Gasteiger charge is 2.11. The van der Waals surface area contributed by atoms with E-state index in [0.717, 1.165) is 48.6 Å². The average molecular weight is 430 g/mol. The van der Waals surface area contributed by atoms with Crippen molar-refractivity contribution in [3.63, 3.8) is 0 Å². The number of rotatable bonds is 9. The summed E-state index contributed by atoms with van der Waals surface area (Å²) in [7, 11) is 0. The highest BCUT2D eigenvalue weighted by Crippen LogP contribution is 2.33. The van der Waals surface area contributed by atoms with E-state index in [1.807, 2.05) is 73.1 Å². The van der Waals surface area contributed by atoms with E-state index in [1.54, 1.807) is 0 Å². The Morgan fingerprint density at radius 2 is 1.69 bits per heavy atom. The van der Waals surface area contributed by atoms with Crippen molar-refractivity contribution in [1.82, 2.24) is 4.90 Å². The van der Waals surface area contributed by atoms with Gasteiger partial charge in [0.25, 0.3) is 0 Å². The van der Waals surface area contributed by atoms with Crippen molar-refractivity contribution in [1.29, 1.82) is 0 Å². The highest BCUT2D eigenvalue weighted by atomic mass is 16.5. The molecule has 0 saturated carbocycles. The molecule has 1 amide bonds. The molecule has 4 rings (SSSR count). The number of nitrogens with one attached hydrogen (secondary N) is 1. The molecule has 1 N–H and O–H groups in total. The van der Waals surface area contributed by atoms with Gasteiger partial charge in [0.1, 0.15) is 12.4 Å². The molecule has 1 aliphatic rings. The fourth-order valence-electron chi connectivity index (χ4n) is 3.48. The number of para-hydroxylation sites is 3. The van der Waals surface area contributed by atoms with Crippen LogP contribution in [0.25, 0.3) is 0 Å². The molecule has 1 heterocycles. The van der Waals surface area contributed by atoms with Crippen molar-refractivity contribution < 1.29 is 14.3 Å². The predicted octanol–water partition coefficient (Wildman–Crippen LogP) is 4.90. The topological polar surface area (TPSA) is 63.2 Å².